The van der Waals surface area contributed by atoms with Gasteiger partial charge in [-0.3, -0.25) is 0 Å². The molecular weight excluding hydrogens is 294 g/mol. The second-order valence-electron chi connectivity index (χ2n) is 4.46. The van der Waals surface area contributed by atoms with Gasteiger partial charge in [-0.2, -0.15) is 13.8 Å². The van der Waals surface area contributed by atoms with Crippen molar-refractivity contribution in [1.29, 1.82) is 0 Å². The molecule has 0 radical (unpaired) electrons. The quantitative estimate of drug-likeness (QED) is 0.736. The summed E-state index contributed by atoms with van der Waals surface area (Å²) in [4.78, 5) is 0. The molecule has 7 heteroatoms. The van der Waals surface area contributed by atoms with E-state index >= 15 is 0 Å². The van der Waals surface area contributed by atoms with Gasteiger partial charge in [0.25, 0.3) is 0 Å². The van der Waals surface area contributed by atoms with Crippen LogP contribution >= 0.6 is 23.3 Å². The van der Waals surface area contributed by atoms with Gasteiger partial charge in [-0.05, 0) is 31.2 Å². The maximum Gasteiger partial charge on any atom is 0.131 e. The van der Waals surface area contributed by atoms with E-state index < -0.39 is 0 Å². The van der Waals surface area contributed by atoms with Crippen molar-refractivity contribution in [3.8, 4) is 5.69 Å². The number of halogens is 1. The molecule has 1 N–H and O–H groups in total. The van der Waals surface area contributed by atoms with Crippen molar-refractivity contribution < 1.29 is 0 Å². The number of hydrogen-bond acceptors (Lipinski definition) is 5. The molecule has 0 unspecified atom stereocenters. The van der Waals surface area contributed by atoms with E-state index in [1.165, 1.54) is 11.7 Å². The molecule has 0 amide bonds. The van der Waals surface area contributed by atoms with Crippen LogP contribution in [-0.4, -0.2) is 25.1 Å². The van der Waals surface area contributed by atoms with E-state index in [4.69, 9.17) is 11.6 Å². The Morgan fingerprint density at radius 1 is 1.30 bits per heavy atom. The Hall–Kier alpha value is -1.50. The number of nitrogens with one attached hydrogen (secondary N) is 1. The van der Waals surface area contributed by atoms with Crippen molar-refractivity contribution in [3.63, 3.8) is 0 Å². The van der Waals surface area contributed by atoms with Crippen LogP contribution in [0.3, 0.4) is 0 Å². The minimum Gasteiger partial charge on any atom is -0.311 e. The third kappa shape index (κ3) is 2.54. The summed E-state index contributed by atoms with van der Waals surface area (Å²) in [6.45, 7) is 3.88. The summed E-state index contributed by atoms with van der Waals surface area (Å²) >= 11 is 7.47. The van der Waals surface area contributed by atoms with Crippen molar-refractivity contribution in [3.05, 3.63) is 35.1 Å². The first-order valence-electron chi connectivity index (χ1n) is 6.46. The first kappa shape index (κ1) is 13.5. The third-order valence-corrected chi connectivity index (χ3v) is 3.81. The first-order valence-corrected chi connectivity index (χ1v) is 7.57. The van der Waals surface area contributed by atoms with Gasteiger partial charge >= 0.3 is 0 Å². The molecule has 104 valence electrons. The van der Waals surface area contributed by atoms with Crippen LogP contribution < -0.4 is 5.32 Å². The summed E-state index contributed by atoms with van der Waals surface area (Å²) < 4.78 is 10.3. The third-order valence-electron chi connectivity index (χ3n) is 2.96. The summed E-state index contributed by atoms with van der Waals surface area (Å²) in [7, 11) is 0. The van der Waals surface area contributed by atoms with Crippen LogP contribution in [-0.2, 0) is 6.54 Å². The fraction of sp³-hybridized carbons (Fsp3) is 0.308. The zero-order chi connectivity index (χ0) is 13.9. The van der Waals surface area contributed by atoms with E-state index in [1.54, 1.807) is 4.68 Å². The Bertz CT molecular complexity index is 720. The van der Waals surface area contributed by atoms with Crippen molar-refractivity contribution >= 4 is 34.4 Å². The lowest BCUT2D eigenvalue weighted by molar-refractivity contribution is 0.657. The smallest absolute Gasteiger partial charge is 0.131 e. The van der Waals surface area contributed by atoms with Gasteiger partial charge in [0, 0.05) is 12.7 Å². The molecule has 3 rings (SSSR count). The average molecular weight is 308 g/mol. The predicted molar refractivity (Wildman–Crippen MR) is 81.5 cm³/mol. The van der Waals surface area contributed by atoms with Crippen molar-refractivity contribution in [2.24, 2.45) is 0 Å². The van der Waals surface area contributed by atoms with E-state index in [0.717, 1.165) is 41.9 Å². The highest BCUT2D eigenvalue weighted by molar-refractivity contribution is 7.00. The number of hydrogen-bond donors (Lipinski definition) is 1. The van der Waals surface area contributed by atoms with Crippen LogP contribution in [0.1, 0.15) is 19.0 Å². The molecule has 0 aliphatic heterocycles. The molecule has 0 bridgehead atoms. The molecule has 20 heavy (non-hydrogen) atoms. The predicted octanol–water partition coefficient (Wildman–Crippen LogP) is 3.03. The van der Waals surface area contributed by atoms with Crippen LogP contribution in [0.15, 0.2) is 24.4 Å². The van der Waals surface area contributed by atoms with Gasteiger partial charge in [0.2, 0.25) is 0 Å². The van der Waals surface area contributed by atoms with Crippen molar-refractivity contribution in [2.75, 3.05) is 6.54 Å². The molecule has 0 spiro atoms. The zero-order valence-corrected chi connectivity index (χ0v) is 12.6. The molecule has 0 aliphatic carbocycles. The molecule has 0 saturated heterocycles. The molecule has 1 aromatic carbocycles. The van der Waals surface area contributed by atoms with E-state index in [-0.39, 0.29) is 0 Å². The normalized spacial score (nSPS) is 11.3. The molecule has 2 aromatic heterocycles. The lowest BCUT2D eigenvalue weighted by Crippen LogP contribution is -2.14. The molecule has 0 fully saturated rings. The van der Waals surface area contributed by atoms with Gasteiger partial charge < -0.3 is 5.32 Å². The topological polar surface area (TPSA) is 55.6 Å². The van der Waals surface area contributed by atoms with Crippen LogP contribution in [0.2, 0.25) is 5.02 Å². The minimum atomic E-state index is 0.626. The molecule has 0 aliphatic rings. The van der Waals surface area contributed by atoms with Gasteiger partial charge in [0.05, 0.1) is 22.4 Å². The van der Waals surface area contributed by atoms with Gasteiger partial charge in [-0.1, -0.05) is 18.5 Å². The van der Waals surface area contributed by atoms with E-state index in [0.29, 0.717) is 5.02 Å². The number of benzene rings is 1. The number of aromatic nitrogens is 4. The Kier molecular flexibility index (Phi) is 3.95. The Labute approximate surface area is 125 Å². The van der Waals surface area contributed by atoms with E-state index in [9.17, 15) is 0 Å². The van der Waals surface area contributed by atoms with Crippen LogP contribution in [0, 0.1) is 0 Å². The van der Waals surface area contributed by atoms with E-state index in [1.807, 2.05) is 24.4 Å². The Morgan fingerprint density at radius 2 is 2.20 bits per heavy atom. The van der Waals surface area contributed by atoms with Crippen LogP contribution in [0.25, 0.3) is 16.7 Å². The fourth-order valence-corrected chi connectivity index (χ4v) is 2.78. The summed E-state index contributed by atoms with van der Waals surface area (Å²) in [5, 5.41) is 8.50. The molecule has 3 aromatic rings. The minimum absolute atomic E-state index is 0.626. The molecule has 5 nitrogen and oxygen atoms in total. The van der Waals surface area contributed by atoms with Crippen molar-refractivity contribution in [1.82, 2.24) is 23.8 Å². The fourth-order valence-electron chi connectivity index (χ4n) is 2.00. The van der Waals surface area contributed by atoms with Gasteiger partial charge in [0.1, 0.15) is 16.7 Å². The number of rotatable bonds is 5. The second-order valence-corrected chi connectivity index (χ2v) is 5.39. The average Bonchev–Trinajstić information content (AvgIpc) is 3.08. The maximum atomic E-state index is 6.29. The molecule has 2 heterocycles. The van der Waals surface area contributed by atoms with Gasteiger partial charge in [0.15, 0.2) is 0 Å². The largest absolute Gasteiger partial charge is 0.311 e. The highest BCUT2D eigenvalue weighted by Crippen LogP contribution is 2.28. The monoisotopic (exact) mass is 307 g/mol. The molecule has 0 saturated carbocycles. The van der Waals surface area contributed by atoms with Crippen LogP contribution in [0.5, 0.6) is 0 Å². The summed E-state index contributed by atoms with van der Waals surface area (Å²) in [5.41, 5.74) is 3.41. The summed E-state index contributed by atoms with van der Waals surface area (Å²) in [6.07, 6.45) is 3.01. The summed E-state index contributed by atoms with van der Waals surface area (Å²) in [6, 6.07) is 5.69. The lowest BCUT2D eigenvalue weighted by atomic mass is 10.2. The Morgan fingerprint density at radius 3 is 3.05 bits per heavy atom. The van der Waals surface area contributed by atoms with Gasteiger partial charge in [-0.25, -0.2) is 4.68 Å². The molecular formula is C13H14ClN5S. The van der Waals surface area contributed by atoms with E-state index in [2.05, 4.69) is 26.1 Å². The highest BCUT2D eigenvalue weighted by Gasteiger charge is 2.13. The second kappa shape index (κ2) is 5.87. The Balaban J connectivity index is 1.95. The lowest BCUT2D eigenvalue weighted by Gasteiger charge is -2.05. The first-order chi connectivity index (χ1) is 9.79. The molecule has 0 atom stereocenters. The zero-order valence-electron chi connectivity index (χ0n) is 11.0. The van der Waals surface area contributed by atoms with Crippen LogP contribution in [0.4, 0.5) is 0 Å². The number of fused-ring (bicyclic) bond motifs is 1. The maximum absolute atomic E-state index is 6.29. The number of nitrogens with zero attached hydrogens (tertiary/aromatic N) is 4. The SMILES string of the molecule is CCCNCc1ccn(-c2c(Cl)ccc3nsnc23)n1. The highest BCUT2D eigenvalue weighted by atomic mass is 35.5. The standard InChI is InChI=1S/C13H14ClN5S/c1-2-6-15-8-9-5-7-19(16-9)13-10(14)3-4-11-12(13)18-20-17-11/h3-5,7,15H,2,6,8H2,1H3. The van der Waals surface area contributed by atoms with Gasteiger partial charge in [-0.15, -0.1) is 0 Å². The van der Waals surface area contributed by atoms with Crippen molar-refractivity contribution in [2.45, 2.75) is 19.9 Å². The summed E-state index contributed by atoms with van der Waals surface area (Å²) in [5.74, 6) is 0.